The summed E-state index contributed by atoms with van der Waals surface area (Å²) in [6.45, 7) is 3.39. The number of carbonyl (C=O) groups excluding carboxylic acids is 2. The Kier molecular flexibility index (Phi) is 11.5. The lowest BCUT2D eigenvalue weighted by Gasteiger charge is -2.22. The number of rotatable bonds is 17. The van der Waals surface area contributed by atoms with Gasteiger partial charge in [0.25, 0.3) is 0 Å². The molecule has 0 radical (unpaired) electrons. The molecule has 0 unspecified atom stereocenters. The van der Waals surface area contributed by atoms with Gasteiger partial charge >= 0.3 is 11.9 Å². The molecule has 1 heterocycles. The van der Waals surface area contributed by atoms with E-state index in [0.717, 1.165) is 43.4 Å². The fourth-order valence-electron chi connectivity index (χ4n) is 5.23. The Bertz CT molecular complexity index is 1510. The molecule has 3 aromatic carbocycles. The van der Waals surface area contributed by atoms with Gasteiger partial charge in [0.15, 0.2) is 11.6 Å². The molecule has 0 bridgehead atoms. The number of Topliss-reactive ketones (excluding diaryl/α,β-unsaturated/α-hetero) is 2. The van der Waals surface area contributed by atoms with E-state index in [4.69, 9.17) is 14.2 Å². The minimum atomic E-state index is -1.10. The molecule has 0 aliphatic carbocycles. The third-order valence-electron chi connectivity index (χ3n) is 7.49. The lowest BCUT2D eigenvalue weighted by atomic mass is 9.96. The van der Waals surface area contributed by atoms with Crippen LogP contribution in [0.4, 0.5) is 0 Å². The van der Waals surface area contributed by atoms with Crippen molar-refractivity contribution in [1.82, 2.24) is 0 Å². The molecule has 9 nitrogen and oxygen atoms in total. The number of ketones is 2. The smallest absolute Gasteiger partial charge is 0.335 e. The normalized spacial score (nSPS) is 12.2. The van der Waals surface area contributed by atoms with E-state index in [9.17, 15) is 29.4 Å². The first kappa shape index (κ1) is 32.3. The predicted octanol–water partition coefficient (Wildman–Crippen LogP) is 6.37. The Morgan fingerprint density at radius 3 is 2.32 bits per heavy atom. The van der Waals surface area contributed by atoms with Crippen molar-refractivity contribution in [2.75, 3.05) is 19.8 Å². The maximum Gasteiger partial charge on any atom is 0.335 e. The number of carboxylic acids is 2. The number of carboxylic acid groups (broad SMARTS) is 2. The van der Waals surface area contributed by atoms with Crippen LogP contribution in [-0.2, 0) is 24.1 Å². The number of hydrogen-bond acceptors (Lipinski definition) is 7. The number of ether oxygens (including phenoxy) is 3. The molecular weight excluding hydrogens is 564 g/mol. The Labute approximate surface area is 256 Å². The second-order valence-electron chi connectivity index (χ2n) is 10.7. The first-order valence-electron chi connectivity index (χ1n) is 15.0. The van der Waals surface area contributed by atoms with Gasteiger partial charge in [-0.05, 0) is 79.6 Å². The van der Waals surface area contributed by atoms with Gasteiger partial charge in [-0.1, -0.05) is 31.5 Å². The second-order valence-corrected chi connectivity index (χ2v) is 10.7. The number of aliphatic carboxylic acids is 1. The number of aryl methyl sites for hydroxylation is 1. The first-order chi connectivity index (χ1) is 21.3. The summed E-state index contributed by atoms with van der Waals surface area (Å²) in [5.41, 5.74) is 3.06. The molecule has 3 aromatic rings. The van der Waals surface area contributed by atoms with Gasteiger partial charge in [-0.2, -0.15) is 0 Å². The summed E-state index contributed by atoms with van der Waals surface area (Å²) in [5, 5.41) is 18.6. The van der Waals surface area contributed by atoms with Crippen LogP contribution in [0.15, 0.2) is 54.6 Å². The molecule has 4 rings (SSSR count). The van der Waals surface area contributed by atoms with Gasteiger partial charge in [0.1, 0.15) is 17.2 Å². The van der Waals surface area contributed by atoms with Crippen molar-refractivity contribution in [2.24, 2.45) is 0 Å². The third kappa shape index (κ3) is 8.46. The lowest BCUT2D eigenvalue weighted by molar-refractivity contribution is -0.136. The Hall–Kier alpha value is -4.66. The van der Waals surface area contributed by atoms with E-state index in [2.05, 4.69) is 6.92 Å². The molecule has 1 aliphatic heterocycles. The van der Waals surface area contributed by atoms with Gasteiger partial charge in [0, 0.05) is 30.4 Å². The van der Waals surface area contributed by atoms with Gasteiger partial charge in [-0.3, -0.25) is 14.4 Å². The maximum atomic E-state index is 13.0. The lowest BCUT2D eigenvalue weighted by Crippen LogP contribution is -2.17. The average molecular weight is 603 g/mol. The van der Waals surface area contributed by atoms with Crippen molar-refractivity contribution >= 4 is 23.5 Å². The molecule has 44 heavy (non-hydrogen) atoms. The van der Waals surface area contributed by atoms with Crippen LogP contribution in [0.2, 0.25) is 0 Å². The standard InChI is InChI=1S/C35H38O9/c1-2-8-28-32(15-13-27-29(36)17-20-44-34(27)28)43-19-7-3-6-18-42-31-14-11-24(21-25(31)12-16-33(38)39)30(37)22-23-9-4-5-10-26(23)35(40)41/h4-5,9-11,13-15,21H,2-3,6-8,12,16-20,22H2,1H3,(H,38,39)(H,40,41). The van der Waals surface area contributed by atoms with Crippen LogP contribution in [0.5, 0.6) is 17.2 Å². The van der Waals surface area contributed by atoms with E-state index in [-0.39, 0.29) is 36.4 Å². The van der Waals surface area contributed by atoms with Crippen LogP contribution in [0.25, 0.3) is 0 Å². The van der Waals surface area contributed by atoms with E-state index in [1.807, 2.05) is 6.07 Å². The minimum Gasteiger partial charge on any atom is -0.493 e. The van der Waals surface area contributed by atoms with E-state index in [1.165, 1.54) is 6.07 Å². The molecule has 0 saturated carbocycles. The summed E-state index contributed by atoms with van der Waals surface area (Å²) in [4.78, 5) is 48.0. The molecule has 1 aliphatic rings. The highest BCUT2D eigenvalue weighted by atomic mass is 16.5. The van der Waals surface area contributed by atoms with Crippen LogP contribution in [0.1, 0.15) is 93.2 Å². The van der Waals surface area contributed by atoms with Gasteiger partial charge in [-0.15, -0.1) is 0 Å². The summed E-state index contributed by atoms with van der Waals surface area (Å²) in [7, 11) is 0. The van der Waals surface area contributed by atoms with Crippen molar-refractivity contribution in [3.63, 3.8) is 0 Å². The van der Waals surface area contributed by atoms with E-state index in [0.29, 0.717) is 60.0 Å². The number of benzene rings is 3. The summed E-state index contributed by atoms with van der Waals surface area (Å²) in [6, 6.07) is 15.0. The van der Waals surface area contributed by atoms with Crippen molar-refractivity contribution in [1.29, 1.82) is 0 Å². The highest BCUT2D eigenvalue weighted by Crippen LogP contribution is 2.36. The highest BCUT2D eigenvalue weighted by molar-refractivity contribution is 6.01. The molecule has 0 fully saturated rings. The Morgan fingerprint density at radius 2 is 1.59 bits per heavy atom. The number of unbranched alkanes of at least 4 members (excludes halogenated alkanes) is 2. The summed E-state index contributed by atoms with van der Waals surface area (Å²) >= 11 is 0. The van der Waals surface area contributed by atoms with Crippen molar-refractivity contribution in [2.45, 2.75) is 64.7 Å². The zero-order valence-corrected chi connectivity index (χ0v) is 24.9. The molecule has 232 valence electrons. The van der Waals surface area contributed by atoms with Gasteiger partial charge in [-0.25, -0.2) is 4.79 Å². The number of hydrogen-bond donors (Lipinski definition) is 2. The predicted molar refractivity (Wildman–Crippen MR) is 164 cm³/mol. The monoisotopic (exact) mass is 602 g/mol. The SMILES string of the molecule is CCCc1c(OCCCCCOc2ccc(C(=O)Cc3ccccc3C(=O)O)cc2CCC(=O)O)ccc2c1OCCC2=O. The van der Waals surface area contributed by atoms with Crippen molar-refractivity contribution in [3.05, 3.63) is 88.0 Å². The maximum absolute atomic E-state index is 13.0. The third-order valence-corrected chi connectivity index (χ3v) is 7.49. The van der Waals surface area contributed by atoms with Gasteiger partial charge < -0.3 is 24.4 Å². The molecule has 2 N–H and O–H groups in total. The highest BCUT2D eigenvalue weighted by Gasteiger charge is 2.24. The first-order valence-corrected chi connectivity index (χ1v) is 15.0. The number of aromatic carboxylic acids is 1. The second kappa shape index (κ2) is 15.7. The van der Waals surface area contributed by atoms with Gasteiger partial charge in [0.05, 0.1) is 30.9 Å². The van der Waals surface area contributed by atoms with Crippen LogP contribution in [0, 0.1) is 0 Å². The quantitative estimate of drug-likeness (QED) is 0.133. The van der Waals surface area contributed by atoms with Gasteiger partial charge in [0.2, 0.25) is 0 Å². The number of fused-ring (bicyclic) bond motifs is 1. The Morgan fingerprint density at radius 1 is 0.864 bits per heavy atom. The molecule has 0 atom stereocenters. The summed E-state index contributed by atoms with van der Waals surface area (Å²) in [6.07, 6.45) is 4.45. The summed E-state index contributed by atoms with van der Waals surface area (Å²) < 4.78 is 17.9. The fraction of sp³-hybridized carbons (Fsp3) is 0.371. The zero-order valence-electron chi connectivity index (χ0n) is 24.9. The van der Waals surface area contributed by atoms with E-state index >= 15 is 0 Å². The average Bonchev–Trinajstić information content (AvgIpc) is 3.01. The van der Waals surface area contributed by atoms with Crippen LogP contribution in [-0.4, -0.2) is 53.5 Å². The number of carbonyl (C=O) groups is 4. The Balaban J connectivity index is 1.30. The molecule has 0 saturated heterocycles. The molecular formula is C35H38O9. The molecule has 0 spiro atoms. The van der Waals surface area contributed by atoms with Crippen molar-refractivity contribution in [3.8, 4) is 17.2 Å². The summed E-state index contributed by atoms with van der Waals surface area (Å²) in [5.74, 6) is -0.283. The van der Waals surface area contributed by atoms with E-state index in [1.54, 1.807) is 42.5 Å². The molecule has 0 amide bonds. The topological polar surface area (TPSA) is 136 Å². The zero-order chi connectivity index (χ0) is 31.5. The van der Waals surface area contributed by atoms with Crippen LogP contribution in [0.3, 0.4) is 0 Å². The molecule has 9 heteroatoms. The van der Waals surface area contributed by atoms with Crippen LogP contribution >= 0.6 is 0 Å². The minimum absolute atomic E-state index is 0.0758. The van der Waals surface area contributed by atoms with Crippen molar-refractivity contribution < 1.29 is 43.6 Å². The fourth-order valence-corrected chi connectivity index (χ4v) is 5.23. The van der Waals surface area contributed by atoms with E-state index < -0.39 is 11.9 Å². The van der Waals surface area contributed by atoms with Crippen LogP contribution < -0.4 is 14.2 Å². The molecule has 0 aromatic heterocycles. The largest absolute Gasteiger partial charge is 0.493 e.